The molecule has 21 heavy (non-hydrogen) atoms. The van der Waals surface area contributed by atoms with Crippen LogP contribution in [0.5, 0.6) is 0 Å². The van der Waals surface area contributed by atoms with Gasteiger partial charge >= 0.3 is 5.97 Å². The Hall–Kier alpha value is -2.80. The Bertz CT molecular complexity index is 603. The molecule has 0 aromatic heterocycles. The number of nitrogens with zero attached hydrogens (tertiary/aromatic N) is 2. The zero-order valence-corrected chi connectivity index (χ0v) is 12.4. The van der Waals surface area contributed by atoms with Crippen LogP contribution in [0.15, 0.2) is 54.1 Å². The van der Waals surface area contributed by atoms with Gasteiger partial charge in [-0.15, -0.1) is 0 Å². The first-order valence-corrected chi connectivity index (χ1v) is 6.39. The molecular formula is C17H18N2O2. The first kappa shape index (κ1) is 16.3. The number of ether oxygens (including phenoxy) is 1. The van der Waals surface area contributed by atoms with Gasteiger partial charge in [0.1, 0.15) is 11.6 Å². The summed E-state index contributed by atoms with van der Waals surface area (Å²) in [6, 6.07) is 9.89. The molecule has 108 valence electrons. The molecule has 1 aromatic rings. The van der Waals surface area contributed by atoms with Crippen molar-refractivity contribution in [2.24, 2.45) is 0 Å². The van der Waals surface area contributed by atoms with Gasteiger partial charge in [-0.05, 0) is 23.8 Å². The van der Waals surface area contributed by atoms with Gasteiger partial charge in [0.25, 0.3) is 0 Å². The van der Waals surface area contributed by atoms with Crippen LogP contribution < -0.4 is 4.90 Å². The number of hydrogen-bond donors (Lipinski definition) is 0. The van der Waals surface area contributed by atoms with Gasteiger partial charge in [0.2, 0.25) is 0 Å². The Balaban J connectivity index is 2.66. The molecule has 0 fully saturated rings. The molecule has 0 amide bonds. The zero-order chi connectivity index (χ0) is 15.7. The molecule has 0 unspecified atom stereocenters. The summed E-state index contributed by atoms with van der Waals surface area (Å²) in [5, 5.41) is 8.76. The minimum absolute atomic E-state index is 0.0301. The molecule has 0 aliphatic rings. The van der Waals surface area contributed by atoms with Crippen LogP contribution in [0.4, 0.5) is 5.69 Å². The SMILES string of the molecule is COC(=O)C(C#N)=CC=CC=Cc1ccc(N(C)C)cc1. The topological polar surface area (TPSA) is 53.3 Å². The Kier molecular flexibility index (Phi) is 6.49. The molecule has 1 aromatic carbocycles. The number of carbonyl (C=O) groups excluding carboxylic acids is 1. The van der Waals surface area contributed by atoms with Gasteiger partial charge in [0.15, 0.2) is 0 Å². The van der Waals surface area contributed by atoms with Crippen LogP contribution in [0.1, 0.15) is 5.56 Å². The monoisotopic (exact) mass is 282 g/mol. The van der Waals surface area contributed by atoms with E-state index in [0.717, 1.165) is 11.3 Å². The van der Waals surface area contributed by atoms with E-state index >= 15 is 0 Å². The Morgan fingerprint density at radius 1 is 1.19 bits per heavy atom. The maximum Gasteiger partial charge on any atom is 0.348 e. The summed E-state index contributed by atoms with van der Waals surface area (Å²) in [6.45, 7) is 0. The number of benzene rings is 1. The zero-order valence-electron chi connectivity index (χ0n) is 12.4. The third kappa shape index (κ3) is 5.37. The summed E-state index contributed by atoms with van der Waals surface area (Å²) in [5.74, 6) is -0.634. The van der Waals surface area contributed by atoms with Gasteiger partial charge in [-0.25, -0.2) is 4.79 Å². The third-order valence-electron chi connectivity index (χ3n) is 2.71. The summed E-state index contributed by atoms with van der Waals surface area (Å²) in [5.41, 5.74) is 2.18. The van der Waals surface area contributed by atoms with E-state index in [-0.39, 0.29) is 5.57 Å². The van der Waals surface area contributed by atoms with E-state index in [1.54, 1.807) is 18.2 Å². The Morgan fingerprint density at radius 2 is 1.86 bits per heavy atom. The summed E-state index contributed by atoms with van der Waals surface area (Å²) in [6.07, 6.45) is 8.58. The molecule has 0 aliphatic carbocycles. The molecule has 0 saturated heterocycles. The minimum atomic E-state index is -0.634. The fourth-order valence-corrected chi connectivity index (χ4v) is 1.53. The highest BCUT2D eigenvalue weighted by atomic mass is 16.5. The second kappa shape index (κ2) is 8.39. The molecular weight excluding hydrogens is 264 g/mol. The van der Waals surface area contributed by atoms with Crippen LogP contribution in [0.25, 0.3) is 6.08 Å². The minimum Gasteiger partial charge on any atom is -0.465 e. The van der Waals surface area contributed by atoms with Crippen LogP contribution in [-0.4, -0.2) is 27.2 Å². The van der Waals surface area contributed by atoms with E-state index in [2.05, 4.69) is 4.74 Å². The van der Waals surface area contributed by atoms with E-state index in [4.69, 9.17) is 5.26 Å². The number of allylic oxidation sites excluding steroid dienone is 4. The molecule has 4 nitrogen and oxygen atoms in total. The second-order valence-electron chi connectivity index (χ2n) is 4.41. The van der Waals surface area contributed by atoms with Crippen molar-refractivity contribution in [2.75, 3.05) is 26.1 Å². The van der Waals surface area contributed by atoms with Crippen molar-refractivity contribution >= 4 is 17.7 Å². The molecule has 0 heterocycles. The average Bonchev–Trinajstić information content (AvgIpc) is 2.50. The summed E-state index contributed by atoms with van der Waals surface area (Å²) >= 11 is 0. The van der Waals surface area contributed by atoms with Crippen molar-refractivity contribution in [2.45, 2.75) is 0 Å². The van der Waals surface area contributed by atoms with Gasteiger partial charge in [0, 0.05) is 19.8 Å². The highest BCUT2D eigenvalue weighted by molar-refractivity contribution is 5.92. The number of esters is 1. The van der Waals surface area contributed by atoms with E-state index in [1.807, 2.05) is 55.4 Å². The van der Waals surface area contributed by atoms with Crippen molar-refractivity contribution in [3.8, 4) is 6.07 Å². The fourth-order valence-electron chi connectivity index (χ4n) is 1.53. The number of carbonyl (C=O) groups is 1. The highest BCUT2D eigenvalue weighted by Crippen LogP contribution is 2.13. The second-order valence-corrected chi connectivity index (χ2v) is 4.41. The lowest BCUT2D eigenvalue weighted by atomic mass is 10.2. The summed E-state index contributed by atoms with van der Waals surface area (Å²) < 4.78 is 4.47. The number of methoxy groups -OCH3 is 1. The van der Waals surface area contributed by atoms with E-state index in [1.165, 1.54) is 13.2 Å². The van der Waals surface area contributed by atoms with Gasteiger partial charge in [-0.2, -0.15) is 5.26 Å². The summed E-state index contributed by atoms with van der Waals surface area (Å²) in [4.78, 5) is 13.2. The predicted molar refractivity (Wildman–Crippen MR) is 84.7 cm³/mol. The van der Waals surface area contributed by atoms with Crippen molar-refractivity contribution in [1.82, 2.24) is 0 Å². The van der Waals surface area contributed by atoms with Crippen LogP contribution in [0, 0.1) is 11.3 Å². The maximum atomic E-state index is 11.1. The first-order chi connectivity index (χ1) is 10.1. The standard InChI is InChI=1S/C17H18N2O2/c1-19(2)16-11-9-14(10-12-16)7-5-4-6-8-15(13-18)17(20)21-3/h4-12H,1-3H3. The average molecular weight is 282 g/mol. The maximum absolute atomic E-state index is 11.1. The third-order valence-corrected chi connectivity index (χ3v) is 2.71. The van der Waals surface area contributed by atoms with Crippen LogP contribution in [0.2, 0.25) is 0 Å². The van der Waals surface area contributed by atoms with Crippen molar-refractivity contribution in [3.63, 3.8) is 0 Å². The number of nitriles is 1. The molecule has 0 bridgehead atoms. The molecule has 1 rings (SSSR count). The molecule has 0 spiro atoms. The molecule has 4 heteroatoms. The molecule has 0 radical (unpaired) electrons. The first-order valence-electron chi connectivity index (χ1n) is 6.39. The smallest absolute Gasteiger partial charge is 0.348 e. The quantitative estimate of drug-likeness (QED) is 0.360. The van der Waals surface area contributed by atoms with Gasteiger partial charge in [-0.3, -0.25) is 0 Å². The van der Waals surface area contributed by atoms with E-state index in [0.29, 0.717) is 0 Å². The predicted octanol–water partition coefficient (Wildman–Crippen LogP) is 2.94. The van der Waals surface area contributed by atoms with Gasteiger partial charge in [-0.1, -0.05) is 36.4 Å². The lowest BCUT2D eigenvalue weighted by Crippen LogP contribution is -2.07. The lowest BCUT2D eigenvalue weighted by molar-refractivity contribution is -0.135. The molecule has 0 aliphatic heterocycles. The van der Waals surface area contributed by atoms with Crippen LogP contribution >= 0.6 is 0 Å². The van der Waals surface area contributed by atoms with Crippen LogP contribution in [0.3, 0.4) is 0 Å². The number of anilines is 1. The fraction of sp³-hybridized carbons (Fsp3) is 0.176. The lowest BCUT2D eigenvalue weighted by Gasteiger charge is -2.11. The number of rotatable bonds is 5. The molecule has 0 saturated carbocycles. The number of hydrogen-bond acceptors (Lipinski definition) is 4. The largest absolute Gasteiger partial charge is 0.465 e. The Morgan fingerprint density at radius 3 is 2.38 bits per heavy atom. The van der Waals surface area contributed by atoms with Crippen molar-refractivity contribution < 1.29 is 9.53 Å². The van der Waals surface area contributed by atoms with Gasteiger partial charge in [0.05, 0.1) is 7.11 Å². The Labute approximate surface area is 125 Å². The summed E-state index contributed by atoms with van der Waals surface area (Å²) in [7, 11) is 5.23. The van der Waals surface area contributed by atoms with Crippen molar-refractivity contribution in [1.29, 1.82) is 5.26 Å². The van der Waals surface area contributed by atoms with Crippen molar-refractivity contribution in [3.05, 3.63) is 59.7 Å². The van der Waals surface area contributed by atoms with Gasteiger partial charge < -0.3 is 9.64 Å². The highest BCUT2D eigenvalue weighted by Gasteiger charge is 2.05. The van der Waals surface area contributed by atoms with Crippen LogP contribution in [-0.2, 0) is 9.53 Å². The normalized spacial score (nSPS) is 11.6. The van der Waals surface area contributed by atoms with E-state index in [9.17, 15) is 4.79 Å². The molecule has 0 atom stereocenters. The van der Waals surface area contributed by atoms with E-state index < -0.39 is 5.97 Å². The molecule has 0 N–H and O–H groups in total.